The Labute approximate surface area is 187 Å². The molecule has 6 rings (SSSR count). The highest BCUT2D eigenvalue weighted by Crippen LogP contribution is 2.49. The summed E-state index contributed by atoms with van der Waals surface area (Å²) in [5.41, 5.74) is 2.22. The number of hydrogen-bond acceptors (Lipinski definition) is 6. The van der Waals surface area contributed by atoms with Gasteiger partial charge in [0.1, 0.15) is 11.9 Å². The van der Waals surface area contributed by atoms with Crippen molar-refractivity contribution >= 4 is 5.82 Å². The first-order chi connectivity index (χ1) is 15.2. The molecule has 2 N–H and O–H groups in total. The summed E-state index contributed by atoms with van der Waals surface area (Å²) < 4.78 is 17.3. The molecule has 1 aliphatic carbocycles. The third-order valence-electron chi connectivity index (χ3n) is 7.41. The van der Waals surface area contributed by atoms with Crippen LogP contribution >= 0.6 is 0 Å². The molecule has 0 unspecified atom stereocenters. The van der Waals surface area contributed by atoms with Gasteiger partial charge >= 0.3 is 0 Å². The minimum Gasteiger partial charge on any atom is -0.507 e. The molecular weight excluding hydrogens is 407 g/mol. The van der Waals surface area contributed by atoms with Gasteiger partial charge in [0.2, 0.25) is 0 Å². The third-order valence-corrected chi connectivity index (χ3v) is 7.41. The van der Waals surface area contributed by atoms with Gasteiger partial charge in [0.05, 0.1) is 29.4 Å². The number of aromatic nitrogens is 4. The van der Waals surface area contributed by atoms with E-state index in [4.69, 9.17) is 0 Å². The maximum Gasteiger partial charge on any atom is 0.151 e. The number of nitrogens with zero attached hydrogens (tertiary/aromatic N) is 5. The summed E-state index contributed by atoms with van der Waals surface area (Å²) in [6.07, 6.45) is 4.43. The number of hydrogen-bond donors (Lipinski definition) is 2. The highest BCUT2D eigenvalue weighted by Gasteiger charge is 2.58. The molecule has 2 saturated heterocycles. The van der Waals surface area contributed by atoms with E-state index in [1.807, 2.05) is 60.8 Å². The van der Waals surface area contributed by atoms with Crippen molar-refractivity contribution in [1.82, 2.24) is 25.1 Å². The van der Waals surface area contributed by atoms with Crippen molar-refractivity contribution in [3.63, 3.8) is 0 Å². The Balaban J connectivity index is 1.40. The molecule has 2 aromatic heterocycles. The van der Waals surface area contributed by atoms with E-state index in [1.165, 1.54) is 0 Å². The van der Waals surface area contributed by atoms with Crippen LogP contribution < -0.4 is 10.2 Å². The predicted octanol–water partition coefficient (Wildman–Crippen LogP) is 3.65. The number of phenolic OH excluding ortho intramolecular Hbond substituents is 1. The number of rotatable bonds is 4. The molecule has 0 radical (unpaired) electrons. The molecule has 7 nitrogen and oxygen atoms in total. The first-order valence-corrected chi connectivity index (χ1v) is 11.0. The number of fused-ring (bicyclic) bond motifs is 3. The van der Waals surface area contributed by atoms with Crippen LogP contribution in [0.2, 0.25) is 0 Å². The highest BCUT2D eigenvalue weighted by atomic mass is 19.1. The number of phenols is 1. The number of nitrogens with one attached hydrogen (secondary N) is 1. The van der Waals surface area contributed by atoms with Gasteiger partial charge in [-0.15, -0.1) is 10.2 Å². The Bertz CT molecular complexity index is 1140. The van der Waals surface area contributed by atoms with Crippen LogP contribution in [0.15, 0.2) is 42.9 Å². The highest BCUT2D eigenvalue weighted by molar-refractivity contribution is 5.69. The summed E-state index contributed by atoms with van der Waals surface area (Å²) in [6, 6.07) is 8.81. The number of aryl methyl sites for hydroxylation is 1. The number of imidazole rings is 1. The molecule has 3 aromatic rings. The lowest BCUT2D eigenvalue weighted by molar-refractivity contribution is -0.0411. The smallest absolute Gasteiger partial charge is 0.151 e. The first-order valence-electron chi connectivity index (χ1n) is 11.0. The van der Waals surface area contributed by atoms with Crippen molar-refractivity contribution in [2.45, 2.75) is 51.4 Å². The predicted molar refractivity (Wildman–Crippen MR) is 122 cm³/mol. The molecule has 8 heteroatoms. The summed E-state index contributed by atoms with van der Waals surface area (Å²) in [5.74, 6) is 0.743. The number of piperidine rings is 2. The lowest BCUT2D eigenvalue weighted by atomic mass is 9.60. The van der Waals surface area contributed by atoms with Crippen LogP contribution in [0, 0.1) is 12.3 Å². The molecule has 168 valence electrons. The van der Waals surface area contributed by atoms with E-state index in [2.05, 4.69) is 27.4 Å². The molecule has 1 saturated carbocycles. The number of anilines is 1. The quantitative estimate of drug-likeness (QED) is 0.650. The number of aromatic hydroxyl groups is 1. The summed E-state index contributed by atoms with van der Waals surface area (Å²) in [7, 11) is 1.90. The molecule has 4 atom stereocenters. The van der Waals surface area contributed by atoms with Crippen LogP contribution in [0.3, 0.4) is 0 Å². The van der Waals surface area contributed by atoms with E-state index in [9.17, 15) is 5.11 Å². The van der Waals surface area contributed by atoms with Crippen molar-refractivity contribution in [3.8, 4) is 22.7 Å². The molecule has 32 heavy (non-hydrogen) atoms. The number of alkyl halides is 1. The van der Waals surface area contributed by atoms with Crippen molar-refractivity contribution in [3.05, 3.63) is 48.5 Å². The van der Waals surface area contributed by atoms with Gasteiger partial charge in [-0.2, -0.15) is 0 Å². The molecule has 3 aliphatic rings. The van der Waals surface area contributed by atoms with Gasteiger partial charge in [-0.1, -0.05) is 6.92 Å². The third kappa shape index (κ3) is 3.24. The van der Waals surface area contributed by atoms with Gasteiger partial charge in [-0.25, -0.2) is 9.37 Å². The maximum atomic E-state index is 15.5. The SMILES string of the molecule is Cc1cn(-c2ccc(-c3ccc(N(C)[C@H]4[C@H](F)[C@]5(C)CC[C@@]4(C)CN5)nn3)c(O)c2)cn1. The van der Waals surface area contributed by atoms with Crippen LogP contribution in [0.25, 0.3) is 16.9 Å². The van der Waals surface area contributed by atoms with E-state index in [1.54, 1.807) is 12.4 Å². The second-order valence-electron chi connectivity index (χ2n) is 9.78. The Morgan fingerprint density at radius 3 is 2.59 bits per heavy atom. The van der Waals surface area contributed by atoms with Crippen LogP contribution in [0.4, 0.5) is 10.2 Å². The van der Waals surface area contributed by atoms with Crippen molar-refractivity contribution in [1.29, 1.82) is 0 Å². The summed E-state index contributed by atoms with van der Waals surface area (Å²) in [4.78, 5) is 6.15. The van der Waals surface area contributed by atoms with Crippen molar-refractivity contribution < 1.29 is 9.50 Å². The lowest BCUT2D eigenvalue weighted by Gasteiger charge is -2.60. The van der Waals surface area contributed by atoms with Gasteiger partial charge in [0.25, 0.3) is 0 Å². The Kier molecular flexibility index (Phi) is 4.74. The van der Waals surface area contributed by atoms with Crippen LogP contribution in [0.5, 0.6) is 5.75 Å². The van der Waals surface area contributed by atoms with E-state index in [0.717, 1.165) is 30.8 Å². The minimum atomic E-state index is -0.995. The molecule has 2 bridgehead atoms. The van der Waals surface area contributed by atoms with Gasteiger partial charge in [-0.3, -0.25) is 0 Å². The van der Waals surface area contributed by atoms with Crippen molar-refractivity contribution in [2.24, 2.45) is 5.41 Å². The van der Waals surface area contributed by atoms with E-state index < -0.39 is 11.7 Å². The molecular formula is C24H29FN6O. The zero-order valence-corrected chi connectivity index (χ0v) is 18.9. The Morgan fingerprint density at radius 1 is 1.19 bits per heavy atom. The maximum absolute atomic E-state index is 15.5. The van der Waals surface area contributed by atoms with Crippen LogP contribution in [-0.2, 0) is 0 Å². The van der Waals surface area contributed by atoms with E-state index >= 15 is 4.39 Å². The molecule has 2 aliphatic heterocycles. The van der Waals surface area contributed by atoms with E-state index in [-0.39, 0.29) is 17.2 Å². The molecule has 1 aromatic carbocycles. The fraction of sp³-hybridized carbons (Fsp3) is 0.458. The molecule has 0 amide bonds. The summed E-state index contributed by atoms with van der Waals surface area (Å²) in [6.45, 7) is 6.83. The molecule has 4 heterocycles. The van der Waals surface area contributed by atoms with Crippen molar-refractivity contribution in [2.75, 3.05) is 18.5 Å². The zero-order valence-electron chi connectivity index (χ0n) is 18.9. The van der Waals surface area contributed by atoms with Crippen LogP contribution in [-0.4, -0.2) is 56.2 Å². The fourth-order valence-electron chi connectivity index (χ4n) is 5.24. The van der Waals surface area contributed by atoms with Crippen LogP contribution in [0.1, 0.15) is 32.4 Å². The van der Waals surface area contributed by atoms with Gasteiger partial charge < -0.3 is 19.9 Å². The first kappa shape index (κ1) is 20.9. The average molecular weight is 437 g/mol. The largest absolute Gasteiger partial charge is 0.507 e. The number of benzene rings is 1. The summed E-state index contributed by atoms with van der Waals surface area (Å²) in [5, 5.41) is 22.7. The van der Waals surface area contributed by atoms with E-state index in [0.29, 0.717) is 17.1 Å². The second-order valence-corrected chi connectivity index (χ2v) is 9.78. The zero-order chi connectivity index (χ0) is 22.7. The fourth-order valence-corrected chi connectivity index (χ4v) is 5.24. The molecule has 3 fully saturated rings. The Morgan fingerprint density at radius 2 is 2.00 bits per heavy atom. The monoisotopic (exact) mass is 436 g/mol. The van der Waals surface area contributed by atoms with Gasteiger partial charge in [0.15, 0.2) is 5.82 Å². The standard InChI is InChI=1S/C24H29FN6O/c1-15-12-31(14-26-15)16-5-6-17(19(32)11-16)18-7-8-20(29-28-18)30(4)22-21(25)24(3)10-9-23(22,2)13-27-24/h5-8,11-12,14,21-22,27,32H,9-10,13H2,1-4H3/t21-,22-,23-,24-/m0/s1. The number of halogens is 1. The van der Waals surface area contributed by atoms with Gasteiger partial charge in [-0.05, 0) is 51.0 Å². The lowest BCUT2D eigenvalue weighted by Crippen LogP contribution is -2.74. The van der Waals surface area contributed by atoms with Gasteiger partial charge in [0, 0.05) is 42.4 Å². The average Bonchev–Trinajstić information content (AvgIpc) is 3.22. The summed E-state index contributed by atoms with van der Waals surface area (Å²) >= 11 is 0. The minimum absolute atomic E-state index is 0.115. The Hall–Kier alpha value is -3.00. The molecule has 0 spiro atoms. The second kappa shape index (κ2) is 7.27. The normalized spacial score (nSPS) is 29.3. The topological polar surface area (TPSA) is 79.1 Å².